The Morgan fingerprint density at radius 3 is 2.72 bits per heavy atom. The van der Waals surface area contributed by atoms with Crippen LogP contribution in [0.4, 0.5) is 8.78 Å². The van der Waals surface area contributed by atoms with Crippen LogP contribution in [0.5, 0.6) is 5.75 Å². The largest absolute Gasteiger partial charge is 0.435 e. The van der Waals surface area contributed by atoms with E-state index in [1.165, 1.54) is 29.1 Å². The van der Waals surface area contributed by atoms with E-state index in [0.717, 1.165) is 12.0 Å². The summed E-state index contributed by atoms with van der Waals surface area (Å²) in [7, 11) is 0. The molecule has 1 aliphatic rings. The van der Waals surface area contributed by atoms with Crippen LogP contribution in [0.3, 0.4) is 0 Å². The molecule has 1 aromatic carbocycles. The average molecular weight is 366 g/mol. The number of alkyl halides is 2. The van der Waals surface area contributed by atoms with Crippen molar-refractivity contribution in [1.82, 2.24) is 10.2 Å². The molecule has 132 valence electrons. The molecule has 1 aliphatic heterocycles. The Hall–Kier alpha value is -2.48. The van der Waals surface area contributed by atoms with Gasteiger partial charge < -0.3 is 15.0 Å². The molecule has 8 heteroatoms. The van der Waals surface area contributed by atoms with Crippen molar-refractivity contribution in [2.75, 3.05) is 13.1 Å². The average Bonchev–Trinajstić information content (AvgIpc) is 3.07. The molecule has 5 nitrogen and oxygen atoms in total. The normalized spacial score (nSPS) is 13.5. The van der Waals surface area contributed by atoms with Gasteiger partial charge in [0.15, 0.2) is 0 Å². The third kappa shape index (κ3) is 4.33. The summed E-state index contributed by atoms with van der Waals surface area (Å²) in [5.41, 5.74) is 1.43. The highest BCUT2D eigenvalue weighted by Crippen LogP contribution is 2.23. The molecule has 0 spiro atoms. The van der Waals surface area contributed by atoms with Crippen molar-refractivity contribution in [1.29, 1.82) is 0 Å². The lowest BCUT2D eigenvalue weighted by Gasteiger charge is -2.27. The highest BCUT2D eigenvalue weighted by atomic mass is 32.1. The predicted octanol–water partition coefficient (Wildman–Crippen LogP) is 2.66. The summed E-state index contributed by atoms with van der Waals surface area (Å²) >= 11 is 1.69. The van der Waals surface area contributed by atoms with Crippen LogP contribution in [0.25, 0.3) is 0 Å². The van der Waals surface area contributed by atoms with E-state index in [1.54, 1.807) is 16.2 Å². The van der Waals surface area contributed by atoms with E-state index in [9.17, 15) is 18.4 Å². The number of hydrogen-bond donors (Lipinski definition) is 1. The highest BCUT2D eigenvalue weighted by molar-refractivity contribution is 7.10. The number of carbonyl (C=O) groups is 2. The maximum absolute atomic E-state index is 12.3. The number of carbonyl (C=O) groups excluding carboxylic acids is 2. The Kier molecular flexibility index (Phi) is 5.28. The number of nitrogens with zero attached hydrogens (tertiary/aromatic N) is 1. The topological polar surface area (TPSA) is 58.6 Å². The standard InChI is InChI=1S/C17H16F2N2O3S/c18-17(19)24-13-3-1-11(2-4-13)16(23)20-9-15(22)21-7-5-14-12(10-21)6-8-25-14/h1-4,6,8,17H,5,7,9-10H2,(H,20,23). The van der Waals surface area contributed by atoms with Crippen molar-refractivity contribution in [2.45, 2.75) is 19.6 Å². The van der Waals surface area contributed by atoms with Gasteiger partial charge in [-0.3, -0.25) is 9.59 Å². The zero-order valence-electron chi connectivity index (χ0n) is 13.2. The van der Waals surface area contributed by atoms with Gasteiger partial charge in [-0.05, 0) is 47.7 Å². The van der Waals surface area contributed by atoms with Crippen LogP contribution in [0, 0.1) is 0 Å². The van der Waals surface area contributed by atoms with E-state index in [2.05, 4.69) is 10.1 Å². The van der Waals surface area contributed by atoms with Crippen molar-refractivity contribution >= 4 is 23.2 Å². The minimum Gasteiger partial charge on any atom is -0.435 e. The molecule has 0 atom stereocenters. The molecule has 25 heavy (non-hydrogen) atoms. The summed E-state index contributed by atoms with van der Waals surface area (Å²) in [5.74, 6) is -0.615. The van der Waals surface area contributed by atoms with Gasteiger partial charge in [0.1, 0.15) is 5.75 Å². The van der Waals surface area contributed by atoms with Crippen LogP contribution in [0.2, 0.25) is 0 Å². The van der Waals surface area contributed by atoms with Gasteiger partial charge in [-0.2, -0.15) is 8.78 Å². The van der Waals surface area contributed by atoms with E-state index in [4.69, 9.17) is 0 Å². The number of amides is 2. The second-order valence-corrected chi connectivity index (χ2v) is 6.52. The number of halogens is 2. The lowest BCUT2D eigenvalue weighted by molar-refractivity contribution is -0.131. The monoisotopic (exact) mass is 366 g/mol. The first-order chi connectivity index (χ1) is 12.0. The fourth-order valence-electron chi connectivity index (χ4n) is 2.62. The zero-order valence-corrected chi connectivity index (χ0v) is 14.0. The number of hydrogen-bond acceptors (Lipinski definition) is 4. The first kappa shape index (κ1) is 17.3. The Labute approximate surface area is 147 Å². The minimum atomic E-state index is -2.91. The Bertz CT molecular complexity index is 762. The predicted molar refractivity (Wildman–Crippen MR) is 88.8 cm³/mol. The quantitative estimate of drug-likeness (QED) is 0.885. The van der Waals surface area contributed by atoms with E-state index in [1.807, 2.05) is 11.4 Å². The minimum absolute atomic E-state index is 0.0255. The lowest BCUT2D eigenvalue weighted by Crippen LogP contribution is -2.42. The van der Waals surface area contributed by atoms with Crippen LogP contribution in [-0.4, -0.2) is 36.4 Å². The SMILES string of the molecule is O=C(NCC(=O)N1CCc2sccc2C1)c1ccc(OC(F)F)cc1. The first-order valence-corrected chi connectivity index (χ1v) is 8.57. The fraction of sp³-hybridized carbons (Fsp3) is 0.294. The number of ether oxygens (including phenoxy) is 1. The maximum Gasteiger partial charge on any atom is 0.387 e. The molecule has 2 heterocycles. The van der Waals surface area contributed by atoms with Crippen LogP contribution in [-0.2, 0) is 17.8 Å². The third-order valence-corrected chi connectivity index (χ3v) is 4.93. The summed E-state index contributed by atoms with van der Waals surface area (Å²) in [4.78, 5) is 27.3. The molecule has 1 N–H and O–H groups in total. The second kappa shape index (κ2) is 7.60. The Morgan fingerprint density at radius 1 is 1.24 bits per heavy atom. The van der Waals surface area contributed by atoms with Gasteiger partial charge in [0.25, 0.3) is 5.91 Å². The molecule has 0 saturated heterocycles. The van der Waals surface area contributed by atoms with Gasteiger partial charge in [-0.1, -0.05) is 0 Å². The van der Waals surface area contributed by atoms with Crippen molar-refractivity contribution in [3.05, 3.63) is 51.7 Å². The van der Waals surface area contributed by atoms with E-state index >= 15 is 0 Å². The van der Waals surface area contributed by atoms with Crippen molar-refractivity contribution in [3.63, 3.8) is 0 Å². The zero-order chi connectivity index (χ0) is 17.8. The van der Waals surface area contributed by atoms with Gasteiger partial charge in [-0.25, -0.2) is 0 Å². The molecule has 0 bridgehead atoms. The number of rotatable bonds is 5. The first-order valence-electron chi connectivity index (χ1n) is 7.69. The number of fused-ring (bicyclic) bond motifs is 1. The molecule has 0 unspecified atom stereocenters. The summed E-state index contributed by atoms with van der Waals surface area (Å²) in [6.45, 7) is -1.81. The summed E-state index contributed by atoms with van der Waals surface area (Å²) in [6, 6.07) is 7.32. The van der Waals surface area contributed by atoms with Crippen LogP contribution < -0.4 is 10.1 Å². The molecule has 3 rings (SSSR count). The Morgan fingerprint density at radius 2 is 2.00 bits per heavy atom. The van der Waals surface area contributed by atoms with E-state index in [0.29, 0.717) is 13.1 Å². The van der Waals surface area contributed by atoms with E-state index < -0.39 is 12.5 Å². The van der Waals surface area contributed by atoms with Gasteiger partial charge >= 0.3 is 6.61 Å². The molecule has 0 fully saturated rings. The van der Waals surface area contributed by atoms with Crippen molar-refractivity contribution in [3.8, 4) is 5.75 Å². The smallest absolute Gasteiger partial charge is 0.387 e. The molecule has 0 saturated carbocycles. The maximum atomic E-state index is 12.3. The van der Waals surface area contributed by atoms with Gasteiger partial charge in [-0.15, -0.1) is 11.3 Å². The highest BCUT2D eigenvalue weighted by Gasteiger charge is 2.21. The fourth-order valence-corrected chi connectivity index (χ4v) is 3.51. The molecule has 0 radical (unpaired) electrons. The van der Waals surface area contributed by atoms with Crippen molar-refractivity contribution in [2.24, 2.45) is 0 Å². The molecular weight excluding hydrogens is 350 g/mol. The summed E-state index contributed by atoms with van der Waals surface area (Å²) < 4.78 is 28.4. The second-order valence-electron chi connectivity index (χ2n) is 5.52. The summed E-state index contributed by atoms with van der Waals surface area (Å²) in [5, 5.41) is 4.57. The number of benzene rings is 1. The summed E-state index contributed by atoms with van der Waals surface area (Å²) in [6.07, 6.45) is 0.832. The van der Waals surface area contributed by atoms with Crippen LogP contribution >= 0.6 is 11.3 Å². The number of thiophene rings is 1. The van der Waals surface area contributed by atoms with E-state index in [-0.39, 0.29) is 23.8 Å². The van der Waals surface area contributed by atoms with Gasteiger partial charge in [0.05, 0.1) is 6.54 Å². The van der Waals surface area contributed by atoms with Gasteiger partial charge in [0, 0.05) is 23.5 Å². The lowest BCUT2D eigenvalue weighted by atomic mass is 10.1. The van der Waals surface area contributed by atoms with Crippen LogP contribution in [0.15, 0.2) is 35.7 Å². The molecule has 0 aliphatic carbocycles. The van der Waals surface area contributed by atoms with Crippen molar-refractivity contribution < 1.29 is 23.1 Å². The Balaban J connectivity index is 1.51. The van der Waals surface area contributed by atoms with Gasteiger partial charge in [0.2, 0.25) is 5.91 Å². The van der Waals surface area contributed by atoms with Crippen LogP contribution in [0.1, 0.15) is 20.8 Å². The molecule has 2 amide bonds. The molecule has 2 aromatic rings. The third-order valence-electron chi connectivity index (χ3n) is 3.90. The number of nitrogens with one attached hydrogen (secondary N) is 1. The molecule has 1 aromatic heterocycles. The molecular formula is C17H16F2N2O3S.